The van der Waals surface area contributed by atoms with Gasteiger partial charge in [-0.05, 0) is 0 Å². The Morgan fingerprint density at radius 3 is 2.07 bits per heavy atom. The lowest BCUT2D eigenvalue weighted by Crippen LogP contribution is -2.35. The number of hydrogen-bond acceptors (Lipinski definition) is 2. The van der Waals surface area contributed by atoms with Gasteiger partial charge >= 0.3 is 6.18 Å². The van der Waals surface area contributed by atoms with Crippen LogP contribution >= 0.6 is 0 Å². The molecule has 0 heterocycles. The summed E-state index contributed by atoms with van der Waals surface area (Å²) in [7, 11) is -4.56. The van der Waals surface area contributed by atoms with Crippen LogP contribution in [0.5, 0.6) is 0 Å². The molecule has 0 radical (unpaired) electrons. The number of nitrogens with zero attached hydrogens (tertiary/aromatic N) is 1. The zero-order valence-electron chi connectivity index (χ0n) is 6.87. The lowest BCUT2D eigenvalue weighted by molar-refractivity contribution is -0.106. The van der Waals surface area contributed by atoms with Crippen LogP contribution in [-0.4, -0.2) is 31.2 Å². The average Bonchev–Trinajstić information content (AvgIpc) is 1.94. The van der Waals surface area contributed by atoms with Gasteiger partial charge in [0.25, 0.3) is 10.0 Å². The minimum atomic E-state index is -4.83. The standard InChI is InChI=1S/C7H6F3NO2S/c1-3-5-11(4-2)14(12,13)6-7(8,9)10/h1-2H,5-6H2. The van der Waals surface area contributed by atoms with Crippen molar-refractivity contribution < 1.29 is 21.6 Å². The molecule has 0 fully saturated rings. The van der Waals surface area contributed by atoms with Crippen LogP contribution in [-0.2, 0) is 10.0 Å². The topological polar surface area (TPSA) is 37.4 Å². The van der Waals surface area contributed by atoms with Crippen LogP contribution in [0.3, 0.4) is 0 Å². The van der Waals surface area contributed by atoms with Gasteiger partial charge in [-0.15, -0.1) is 6.42 Å². The van der Waals surface area contributed by atoms with Crippen LogP contribution in [0, 0.1) is 24.8 Å². The Labute approximate surface area is 79.9 Å². The lowest BCUT2D eigenvalue weighted by Gasteiger charge is -2.15. The van der Waals surface area contributed by atoms with Gasteiger partial charge in [-0.25, -0.2) is 12.7 Å². The van der Waals surface area contributed by atoms with Gasteiger partial charge in [0.05, 0.1) is 0 Å². The summed E-state index contributed by atoms with van der Waals surface area (Å²) in [6.07, 6.45) is 4.60. The summed E-state index contributed by atoms with van der Waals surface area (Å²) in [4.78, 5) is 0. The van der Waals surface area contributed by atoms with Crippen molar-refractivity contribution in [2.75, 3.05) is 12.3 Å². The first-order valence-corrected chi connectivity index (χ1v) is 4.80. The van der Waals surface area contributed by atoms with Crippen LogP contribution in [0.4, 0.5) is 13.2 Å². The van der Waals surface area contributed by atoms with E-state index in [0.29, 0.717) is 0 Å². The zero-order chi connectivity index (χ0) is 11.4. The summed E-state index contributed by atoms with van der Waals surface area (Å²) in [6, 6.07) is 1.57. The second kappa shape index (κ2) is 4.25. The van der Waals surface area contributed by atoms with Gasteiger partial charge in [0.1, 0.15) is 6.54 Å². The van der Waals surface area contributed by atoms with Crippen molar-refractivity contribution in [3.05, 3.63) is 0 Å². The first kappa shape index (κ1) is 12.7. The third kappa shape index (κ3) is 4.06. The fourth-order valence-corrected chi connectivity index (χ4v) is 1.59. The van der Waals surface area contributed by atoms with Crippen molar-refractivity contribution in [1.82, 2.24) is 4.31 Å². The van der Waals surface area contributed by atoms with E-state index in [-0.39, 0.29) is 4.31 Å². The van der Waals surface area contributed by atoms with E-state index in [0.717, 1.165) is 0 Å². The molecule has 0 rings (SSSR count). The molecule has 0 aromatic rings. The van der Waals surface area contributed by atoms with Crippen molar-refractivity contribution in [3.8, 4) is 24.8 Å². The largest absolute Gasteiger partial charge is 0.404 e. The van der Waals surface area contributed by atoms with E-state index in [1.165, 1.54) is 0 Å². The molecule has 0 aromatic carbocycles. The van der Waals surface area contributed by atoms with Gasteiger partial charge in [-0.3, -0.25) is 0 Å². The average molecular weight is 225 g/mol. The van der Waals surface area contributed by atoms with Gasteiger partial charge in [-0.2, -0.15) is 13.2 Å². The highest BCUT2D eigenvalue weighted by atomic mass is 32.2. The number of halogens is 3. The Kier molecular flexibility index (Phi) is 3.84. The van der Waals surface area contributed by atoms with Crippen molar-refractivity contribution in [2.24, 2.45) is 0 Å². The Morgan fingerprint density at radius 1 is 1.29 bits per heavy atom. The molecule has 0 aromatic heterocycles. The molecule has 78 valence electrons. The fourth-order valence-electron chi connectivity index (χ4n) is 0.592. The van der Waals surface area contributed by atoms with Gasteiger partial charge in [-0.1, -0.05) is 12.3 Å². The van der Waals surface area contributed by atoms with E-state index in [4.69, 9.17) is 12.8 Å². The first-order valence-electron chi connectivity index (χ1n) is 3.20. The molecular formula is C7H6F3NO2S. The van der Waals surface area contributed by atoms with Gasteiger partial charge < -0.3 is 0 Å². The number of sulfonamides is 1. The van der Waals surface area contributed by atoms with E-state index in [2.05, 4.69) is 0 Å². The summed E-state index contributed by atoms with van der Waals surface area (Å²) in [6.45, 7) is -0.574. The van der Waals surface area contributed by atoms with Crippen molar-refractivity contribution in [3.63, 3.8) is 0 Å². The second-order valence-corrected chi connectivity index (χ2v) is 4.10. The number of rotatable bonds is 3. The zero-order valence-corrected chi connectivity index (χ0v) is 7.69. The Morgan fingerprint density at radius 2 is 1.79 bits per heavy atom. The van der Waals surface area contributed by atoms with Gasteiger partial charge in [0.15, 0.2) is 5.75 Å². The lowest BCUT2D eigenvalue weighted by atomic mass is 10.7. The minimum Gasteiger partial charge on any atom is -0.216 e. The van der Waals surface area contributed by atoms with E-state index >= 15 is 0 Å². The Hall–Kier alpha value is -1.34. The van der Waals surface area contributed by atoms with Crippen LogP contribution in [0.1, 0.15) is 0 Å². The van der Waals surface area contributed by atoms with Crippen LogP contribution < -0.4 is 0 Å². The summed E-state index contributed by atoms with van der Waals surface area (Å²) in [5, 5.41) is 0. The smallest absolute Gasteiger partial charge is 0.216 e. The maximum absolute atomic E-state index is 11.8. The molecule has 0 bridgehead atoms. The van der Waals surface area contributed by atoms with E-state index < -0.39 is 28.5 Å². The van der Waals surface area contributed by atoms with Crippen LogP contribution in [0.2, 0.25) is 0 Å². The molecule has 0 aliphatic rings. The molecule has 7 heteroatoms. The van der Waals surface area contributed by atoms with E-state index in [1.807, 2.05) is 5.92 Å². The number of hydrogen-bond donors (Lipinski definition) is 0. The van der Waals surface area contributed by atoms with Crippen molar-refractivity contribution in [2.45, 2.75) is 6.18 Å². The predicted molar refractivity (Wildman–Crippen MR) is 44.2 cm³/mol. The monoisotopic (exact) mass is 225 g/mol. The molecule has 14 heavy (non-hydrogen) atoms. The number of terminal acetylenes is 2. The van der Waals surface area contributed by atoms with Gasteiger partial charge in [0, 0.05) is 6.04 Å². The molecular weight excluding hydrogens is 219 g/mol. The molecule has 0 N–H and O–H groups in total. The molecule has 0 aliphatic heterocycles. The maximum atomic E-state index is 11.8. The summed E-state index contributed by atoms with van der Waals surface area (Å²) in [5.74, 6) is -0.161. The van der Waals surface area contributed by atoms with Crippen molar-refractivity contribution >= 4 is 10.0 Å². The molecule has 0 amide bonds. The third-order valence-electron chi connectivity index (χ3n) is 1.06. The Balaban J connectivity index is 4.81. The molecule has 0 saturated heterocycles. The third-order valence-corrected chi connectivity index (χ3v) is 2.66. The summed E-state index contributed by atoms with van der Waals surface area (Å²) in [5.41, 5.74) is 0. The highest BCUT2D eigenvalue weighted by molar-refractivity contribution is 7.89. The van der Waals surface area contributed by atoms with Gasteiger partial charge in [0.2, 0.25) is 0 Å². The molecule has 0 aliphatic carbocycles. The number of alkyl halides is 3. The van der Waals surface area contributed by atoms with Crippen molar-refractivity contribution in [1.29, 1.82) is 0 Å². The summed E-state index contributed by atoms with van der Waals surface area (Å²) >= 11 is 0. The predicted octanol–water partition coefficient (Wildman–Crippen LogP) is 0.404. The minimum absolute atomic E-state index is 0.139. The van der Waals surface area contributed by atoms with E-state index in [9.17, 15) is 21.6 Å². The Bertz CT molecular complexity index is 371. The molecule has 0 unspecified atom stereocenters. The fraction of sp³-hybridized carbons (Fsp3) is 0.429. The normalized spacial score (nSPS) is 11.5. The van der Waals surface area contributed by atoms with Crippen LogP contribution in [0.25, 0.3) is 0 Å². The first-order chi connectivity index (χ1) is 6.23. The maximum Gasteiger partial charge on any atom is 0.404 e. The quantitative estimate of drug-likeness (QED) is 0.515. The molecule has 0 atom stereocenters. The van der Waals surface area contributed by atoms with E-state index in [1.54, 1.807) is 6.04 Å². The van der Waals surface area contributed by atoms with Crippen LogP contribution in [0.15, 0.2) is 0 Å². The second-order valence-electron chi connectivity index (χ2n) is 2.21. The summed E-state index contributed by atoms with van der Waals surface area (Å²) < 4.78 is 57.3. The highest BCUT2D eigenvalue weighted by Crippen LogP contribution is 2.18. The highest BCUT2D eigenvalue weighted by Gasteiger charge is 2.37. The molecule has 0 spiro atoms. The molecule has 3 nitrogen and oxygen atoms in total. The SMILES string of the molecule is C#CCN(C#C)S(=O)(=O)CC(F)(F)F. The molecule has 0 saturated carbocycles.